The van der Waals surface area contributed by atoms with Crippen LogP contribution in [0.2, 0.25) is 0 Å². The molecule has 1 unspecified atom stereocenters. The maximum absolute atomic E-state index is 13.0. The Balaban J connectivity index is 1.55. The molecule has 1 heterocycles. The second-order valence-corrected chi connectivity index (χ2v) is 9.63. The number of sulfonamides is 1. The minimum atomic E-state index is -3.80. The van der Waals surface area contributed by atoms with E-state index in [-0.39, 0.29) is 10.8 Å². The average Bonchev–Trinajstić information content (AvgIpc) is 2.86. The number of nitrogens with zero attached hydrogens (tertiary/aromatic N) is 1. The molecule has 0 spiro atoms. The Morgan fingerprint density at radius 3 is 2.21 bits per heavy atom. The van der Waals surface area contributed by atoms with Gasteiger partial charge in [-0.15, -0.1) is 0 Å². The standard InChI is InChI=1S/C27H25N3O3S/c1-19-9-8-13-24(20(19)2)30-34(32,33)23-16-14-22(15-17-23)27(31)29-26(21-10-4-3-5-11-21)25-12-6-7-18-28-25/h3-18,26,30H,1-2H3,(H,29,31). The molecule has 1 aromatic heterocycles. The lowest BCUT2D eigenvalue weighted by atomic mass is 10.0. The molecule has 0 aliphatic carbocycles. The summed E-state index contributed by atoms with van der Waals surface area (Å²) in [6.45, 7) is 3.79. The molecular formula is C27H25N3O3S. The first-order chi connectivity index (χ1) is 16.3. The van der Waals surface area contributed by atoms with Crippen molar-refractivity contribution in [1.29, 1.82) is 0 Å². The van der Waals surface area contributed by atoms with E-state index in [1.165, 1.54) is 24.3 Å². The van der Waals surface area contributed by atoms with Crippen LogP contribution < -0.4 is 10.0 Å². The van der Waals surface area contributed by atoms with Crippen molar-refractivity contribution in [3.63, 3.8) is 0 Å². The van der Waals surface area contributed by atoms with Gasteiger partial charge in [0.2, 0.25) is 0 Å². The van der Waals surface area contributed by atoms with E-state index in [0.717, 1.165) is 16.7 Å². The molecule has 3 aromatic carbocycles. The summed E-state index contributed by atoms with van der Waals surface area (Å²) in [4.78, 5) is 17.5. The number of hydrogen-bond acceptors (Lipinski definition) is 4. The lowest BCUT2D eigenvalue weighted by Gasteiger charge is -2.19. The first-order valence-corrected chi connectivity index (χ1v) is 12.3. The molecule has 0 saturated carbocycles. The van der Waals surface area contributed by atoms with E-state index >= 15 is 0 Å². The van der Waals surface area contributed by atoms with Crippen LogP contribution in [0.25, 0.3) is 0 Å². The van der Waals surface area contributed by atoms with Crippen molar-refractivity contribution < 1.29 is 13.2 Å². The second-order valence-electron chi connectivity index (χ2n) is 7.95. The molecule has 4 rings (SSSR count). The maximum atomic E-state index is 13.0. The summed E-state index contributed by atoms with van der Waals surface area (Å²) >= 11 is 0. The number of carbonyl (C=O) groups is 1. The number of rotatable bonds is 7. The summed E-state index contributed by atoms with van der Waals surface area (Å²) in [5, 5.41) is 3.01. The van der Waals surface area contributed by atoms with Crippen LogP contribution >= 0.6 is 0 Å². The van der Waals surface area contributed by atoms with Crippen LogP contribution in [0, 0.1) is 13.8 Å². The van der Waals surface area contributed by atoms with Gasteiger partial charge in [0, 0.05) is 11.8 Å². The smallest absolute Gasteiger partial charge is 0.261 e. The van der Waals surface area contributed by atoms with Crippen molar-refractivity contribution in [3.05, 3.63) is 125 Å². The van der Waals surface area contributed by atoms with Gasteiger partial charge in [-0.25, -0.2) is 8.42 Å². The summed E-state index contributed by atoms with van der Waals surface area (Å²) in [6.07, 6.45) is 1.68. The molecule has 6 nitrogen and oxygen atoms in total. The third-order valence-corrected chi connectivity index (χ3v) is 7.05. The van der Waals surface area contributed by atoms with E-state index in [1.54, 1.807) is 18.3 Å². The van der Waals surface area contributed by atoms with E-state index in [2.05, 4.69) is 15.0 Å². The van der Waals surface area contributed by atoms with Gasteiger partial charge in [-0.05, 0) is 73.0 Å². The lowest BCUT2D eigenvalue weighted by Crippen LogP contribution is -2.30. The molecule has 1 amide bonds. The molecule has 2 N–H and O–H groups in total. The third-order valence-electron chi connectivity index (χ3n) is 5.67. The molecule has 0 aliphatic rings. The van der Waals surface area contributed by atoms with E-state index in [1.807, 2.05) is 68.4 Å². The Morgan fingerprint density at radius 2 is 1.53 bits per heavy atom. The van der Waals surface area contributed by atoms with Gasteiger partial charge in [0.25, 0.3) is 15.9 Å². The second kappa shape index (κ2) is 9.89. The number of nitrogens with one attached hydrogen (secondary N) is 2. The van der Waals surface area contributed by atoms with Gasteiger partial charge in [-0.2, -0.15) is 0 Å². The summed E-state index contributed by atoms with van der Waals surface area (Å²) in [5.41, 5.74) is 4.34. The summed E-state index contributed by atoms with van der Waals surface area (Å²) in [5.74, 6) is -0.328. The molecule has 0 fully saturated rings. The Labute approximate surface area is 199 Å². The number of pyridine rings is 1. The zero-order chi connectivity index (χ0) is 24.1. The molecule has 7 heteroatoms. The minimum Gasteiger partial charge on any atom is -0.340 e. The fourth-order valence-corrected chi connectivity index (χ4v) is 4.71. The van der Waals surface area contributed by atoms with E-state index in [0.29, 0.717) is 16.9 Å². The van der Waals surface area contributed by atoms with Crippen molar-refractivity contribution in [2.45, 2.75) is 24.8 Å². The molecule has 0 saturated heterocycles. The van der Waals surface area contributed by atoms with Crippen LogP contribution in [-0.2, 0) is 10.0 Å². The van der Waals surface area contributed by atoms with Crippen LogP contribution in [0.5, 0.6) is 0 Å². The van der Waals surface area contributed by atoms with Crippen LogP contribution in [-0.4, -0.2) is 19.3 Å². The highest BCUT2D eigenvalue weighted by atomic mass is 32.2. The van der Waals surface area contributed by atoms with Gasteiger partial charge in [0.05, 0.1) is 22.3 Å². The topological polar surface area (TPSA) is 88.2 Å². The van der Waals surface area contributed by atoms with Crippen molar-refractivity contribution in [1.82, 2.24) is 10.3 Å². The summed E-state index contributed by atoms with van der Waals surface area (Å²) < 4.78 is 28.4. The number of carbonyl (C=O) groups excluding carboxylic acids is 1. The van der Waals surface area contributed by atoms with Crippen molar-refractivity contribution >= 4 is 21.6 Å². The summed E-state index contributed by atoms with van der Waals surface area (Å²) in [6, 6.07) is 26.0. The zero-order valence-electron chi connectivity index (χ0n) is 18.9. The normalized spacial score (nSPS) is 12.1. The Morgan fingerprint density at radius 1 is 0.824 bits per heavy atom. The highest BCUT2D eigenvalue weighted by Gasteiger charge is 2.20. The van der Waals surface area contributed by atoms with E-state index < -0.39 is 16.1 Å². The molecule has 0 bridgehead atoms. The number of hydrogen-bond donors (Lipinski definition) is 2. The first kappa shape index (κ1) is 23.2. The molecule has 0 aliphatic heterocycles. The van der Waals surface area contributed by atoms with Gasteiger partial charge in [-0.1, -0.05) is 48.5 Å². The Bertz CT molecular complexity index is 1350. The quantitative estimate of drug-likeness (QED) is 0.396. The van der Waals surface area contributed by atoms with Crippen LogP contribution in [0.1, 0.15) is 38.8 Å². The van der Waals surface area contributed by atoms with Crippen molar-refractivity contribution in [3.8, 4) is 0 Å². The SMILES string of the molecule is Cc1cccc(NS(=O)(=O)c2ccc(C(=O)NC(c3ccccc3)c3ccccn3)cc2)c1C. The molecule has 172 valence electrons. The van der Waals surface area contributed by atoms with Crippen LogP contribution in [0.3, 0.4) is 0 Å². The zero-order valence-corrected chi connectivity index (χ0v) is 19.7. The maximum Gasteiger partial charge on any atom is 0.261 e. The largest absolute Gasteiger partial charge is 0.340 e. The average molecular weight is 472 g/mol. The van der Waals surface area contributed by atoms with Gasteiger partial charge in [0.1, 0.15) is 0 Å². The monoisotopic (exact) mass is 471 g/mol. The highest BCUT2D eigenvalue weighted by molar-refractivity contribution is 7.92. The molecule has 34 heavy (non-hydrogen) atoms. The molecule has 4 aromatic rings. The van der Waals surface area contributed by atoms with Gasteiger partial charge < -0.3 is 5.32 Å². The van der Waals surface area contributed by atoms with E-state index in [4.69, 9.17) is 0 Å². The van der Waals surface area contributed by atoms with Crippen molar-refractivity contribution in [2.75, 3.05) is 4.72 Å². The van der Waals surface area contributed by atoms with Crippen LogP contribution in [0.15, 0.2) is 102 Å². The Kier molecular flexibility index (Phi) is 6.75. The fraction of sp³-hybridized carbons (Fsp3) is 0.111. The minimum absolute atomic E-state index is 0.0780. The van der Waals surface area contributed by atoms with E-state index in [9.17, 15) is 13.2 Å². The number of aryl methyl sites for hydroxylation is 1. The fourth-order valence-electron chi connectivity index (χ4n) is 3.59. The number of aromatic nitrogens is 1. The highest BCUT2D eigenvalue weighted by Crippen LogP contribution is 2.23. The predicted molar refractivity (Wildman–Crippen MR) is 133 cm³/mol. The Hall–Kier alpha value is -3.97. The molecular weight excluding hydrogens is 446 g/mol. The third kappa shape index (κ3) is 5.15. The number of amides is 1. The van der Waals surface area contributed by atoms with Gasteiger partial charge in [-0.3, -0.25) is 14.5 Å². The van der Waals surface area contributed by atoms with Gasteiger partial charge >= 0.3 is 0 Å². The molecule has 0 radical (unpaired) electrons. The summed E-state index contributed by atoms with van der Waals surface area (Å²) in [7, 11) is -3.80. The van der Waals surface area contributed by atoms with Crippen molar-refractivity contribution in [2.24, 2.45) is 0 Å². The molecule has 1 atom stereocenters. The number of anilines is 1. The van der Waals surface area contributed by atoms with Gasteiger partial charge in [0.15, 0.2) is 0 Å². The van der Waals surface area contributed by atoms with Crippen LogP contribution in [0.4, 0.5) is 5.69 Å². The lowest BCUT2D eigenvalue weighted by molar-refractivity contribution is 0.0942. The number of benzene rings is 3. The first-order valence-electron chi connectivity index (χ1n) is 10.8. The predicted octanol–water partition coefficient (Wildman–Crippen LogP) is 5.02.